The molecule has 2 aliphatic heterocycles. The quantitative estimate of drug-likeness (QED) is 0.854. The van der Waals surface area contributed by atoms with Gasteiger partial charge in [0.25, 0.3) is 0 Å². The monoisotopic (exact) mass is 340 g/mol. The van der Waals surface area contributed by atoms with Gasteiger partial charge in [0.1, 0.15) is 17.1 Å². The van der Waals surface area contributed by atoms with Crippen LogP contribution in [0.2, 0.25) is 0 Å². The van der Waals surface area contributed by atoms with Crippen molar-refractivity contribution in [3.8, 4) is 0 Å². The summed E-state index contributed by atoms with van der Waals surface area (Å²) in [6.45, 7) is 6.23. The Morgan fingerprint density at radius 1 is 1.25 bits per heavy atom. The van der Waals surface area contributed by atoms with Crippen molar-refractivity contribution in [3.63, 3.8) is 0 Å². The maximum atomic E-state index is 10.7. The van der Waals surface area contributed by atoms with E-state index in [1.54, 1.807) is 11.3 Å². The second-order valence-corrected chi connectivity index (χ2v) is 7.39. The van der Waals surface area contributed by atoms with E-state index in [1.165, 1.54) is 10.4 Å². The van der Waals surface area contributed by atoms with Crippen molar-refractivity contribution in [2.45, 2.75) is 6.92 Å². The minimum atomic E-state index is 0.521. The van der Waals surface area contributed by atoms with Crippen LogP contribution in [0.4, 0.5) is 16.4 Å². The Labute approximate surface area is 145 Å². The van der Waals surface area contributed by atoms with Crippen LogP contribution in [0.3, 0.4) is 0 Å². The second-order valence-electron chi connectivity index (χ2n) is 6.13. The maximum Gasteiger partial charge on any atom is 0.139 e. The predicted molar refractivity (Wildman–Crippen MR) is 99.1 cm³/mol. The number of carbonyl (C=O) groups excluding carboxylic acids is 1. The van der Waals surface area contributed by atoms with Crippen molar-refractivity contribution < 1.29 is 4.79 Å². The first kappa shape index (κ1) is 15.4. The summed E-state index contributed by atoms with van der Waals surface area (Å²) in [5.74, 6) is 1.04. The minimum Gasteiger partial charge on any atom is -0.353 e. The van der Waals surface area contributed by atoms with Crippen molar-refractivity contribution in [3.05, 3.63) is 40.8 Å². The average Bonchev–Trinajstić information content (AvgIpc) is 2.88. The number of aliphatic imine (C=N–C) groups is 1. The standard InChI is InChI=1S/C18H20N4OS/c1-13-12-14-17(22-8-6-21(7-9-22)10-11-23)19-15-4-2-3-5-16(15)20-18(14)24-13/h2-5,11-12,20H,6-10H2,1H3. The normalized spacial score (nSPS) is 17.4. The Morgan fingerprint density at radius 3 is 2.83 bits per heavy atom. The molecule has 1 aromatic heterocycles. The van der Waals surface area contributed by atoms with Gasteiger partial charge in [-0.2, -0.15) is 0 Å². The molecule has 0 atom stereocenters. The molecule has 0 aliphatic carbocycles. The highest BCUT2D eigenvalue weighted by atomic mass is 32.1. The third-order valence-corrected chi connectivity index (χ3v) is 5.45. The lowest BCUT2D eigenvalue weighted by Crippen LogP contribution is -2.49. The summed E-state index contributed by atoms with van der Waals surface area (Å²) in [6, 6.07) is 10.4. The summed E-state index contributed by atoms with van der Waals surface area (Å²) in [4.78, 5) is 21.5. The molecule has 0 radical (unpaired) electrons. The summed E-state index contributed by atoms with van der Waals surface area (Å²) >= 11 is 1.77. The number of carbonyl (C=O) groups is 1. The van der Waals surface area contributed by atoms with Crippen LogP contribution in [0, 0.1) is 6.92 Å². The number of thiophene rings is 1. The molecule has 1 aromatic carbocycles. The van der Waals surface area contributed by atoms with Gasteiger partial charge in [-0.1, -0.05) is 12.1 Å². The molecule has 1 fully saturated rings. The highest BCUT2D eigenvalue weighted by Gasteiger charge is 2.26. The molecule has 5 nitrogen and oxygen atoms in total. The molecule has 24 heavy (non-hydrogen) atoms. The fraction of sp³-hybridized carbons (Fsp3) is 0.333. The van der Waals surface area contributed by atoms with Gasteiger partial charge in [0.05, 0.1) is 23.5 Å². The lowest BCUT2D eigenvalue weighted by Gasteiger charge is -2.35. The third-order valence-electron chi connectivity index (χ3n) is 4.48. The Balaban J connectivity index is 1.70. The van der Waals surface area contributed by atoms with Gasteiger partial charge >= 0.3 is 0 Å². The summed E-state index contributed by atoms with van der Waals surface area (Å²) in [7, 11) is 0. The van der Waals surface area contributed by atoms with E-state index in [0.717, 1.165) is 54.7 Å². The number of aldehydes is 1. The molecule has 2 aliphatic rings. The first-order valence-electron chi connectivity index (χ1n) is 8.21. The zero-order valence-electron chi connectivity index (χ0n) is 13.7. The first-order chi connectivity index (χ1) is 11.7. The number of anilines is 2. The third kappa shape index (κ3) is 2.83. The molecular weight excluding hydrogens is 320 g/mol. The molecule has 0 bridgehead atoms. The lowest BCUT2D eigenvalue weighted by molar-refractivity contribution is -0.109. The number of hydrogen-bond donors (Lipinski definition) is 1. The maximum absolute atomic E-state index is 10.7. The van der Waals surface area contributed by atoms with Crippen LogP contribution in [0.1, 0.15) is 10.4 Å². The van der Waals surface area contributed by atoms with E-state index in [1.807, 2.05) is 18.2 Å². The molecule has 0 saturated carbocycles. The molecule has 1 N–H and O–H groups in total. The fourth-order valence-corrected chi connectivity index (χ4v) is 4.16. The smallest absolute Gasteiger partial charge is 0.139 e. The molecule has 124 valence electrons. The van der Waals surface area contributed by atoms with Gasteiger partial charge in [0, 0.05) is 31.1 Å². The number of nitrogens with one attached hydrogen (secondary N) is 1. The SMILES string of the molecule is Cc1cc2c(s1)Nc1ccccc1N=C2N1CCN(CC=O)CC1. The predicted octanol–water partition coefficient (Wildman–Crippen LogP) is 3.01. The van der Waals surface area contributed by atoms with Crippen LogP contribution in [-0.2, 0) is 4.79 Å². The molecule has 3 heterocycles. The average molecular weight is 340 g/mol. The van der Waals surface area contributed by atoms with Crippen molar-refractivity contribution in [2.24, 2.45) is 4.99 Å². The highest BCUT2D eigenvalue weighted by molar-refractivity contribution is 7.16. The van der Waals surface area contributed by atoms with Crippen LogP contribution in [-0.4, -0.2) is 54.6 Å². The van der Waals surface area contributed by atoms with Gasteiger partial charge in [-0.05, 0) is 25.1 Å². The summed E-state index contributed by atoms with van der Waals surface area (Å²) in [5.41, 5.74) is 3.21. The molecule has 0 unspecified atom stereocenters. The number of fused-ring (bicyclic) bond motifs is 2. The van der Waals surface area contributed by atoms with Gasteiger partial charge in [-0.25, -0.2) is 4.99 Å². The van der Waals surface area contributed by atoms with E-state index in [2.05, 4.69) is 34.2 Å². The lowest BCUT2D eigenvalue weighted by atomic mass is 10.2. The van der Waals surface area contributed by atoms with E-state index in [4.69, 9.17) is 4.99 Å². The molecule has 6 heteroatoms. The Morgan fingerprint density at radius 2 is 2.04 bits per heavy atom. The van der Waals surface area contributed by atoms with E-state index in [9.17, 15) is 4.79 Å². The Kier molecular flexibility index (Phi) is 4.08. The molecule has 0 amide bonds. The Hall–Kier alpha value is -2.18. The zero-order chi connectivity index (χ0) is 16.5. The number of aryl methyl sites for hydroxylation is 1. The molecule has 0 spiro atoms. The molecule has 2 aromatic rings. The number of piperazine rings is 1. The minimum absolute atomic E-state index is 0.521. The van der Waals surface area contributed by atoms with Gasteiger partial charge in [-0.15, -0.1) is 11.3 Å². The zero-order valence-corrected chi connectivity index (χ0v) is 14.5. The van der Waals surface area contributed by atoms with Crippen molar-refractivity contribution in [2.75, 3.05) is 38.0 Å². The molecular formula is C18H20N4OS. The van der Waals surface area contributed by atoms with Crippen molar-refractivity contribution in [1.82, 2.24) is 9.80 Å². The number of nitrogens with zero attached hydrogens (tertiary/aromatic N) is 3. The Bertz CT molecular complexity index is 790. The van der Waals surface area contributed by atoms with Crippen LogP contribution in [0.25, 0.3) is 0 Å². The van der Waals surface area contributed by atoms with Gasteiger partial charge in [-0.3, -0.25) is 4.90 Å². The topological polar surface area (TPSA) is 47.9 Å². The van der Waals surface area contributed by atoms with E-state index < -0.39 is 0 Å². The van der Waals surface area contributed by atoms with Gasteiger partial charge in [0.15, 0.2) is 0 Å². The van der Waals surface area contributed by atoms with Crippen molar-refractivity contribution >= 4 is 39.8 Å². The van der Waals surface area contributed by atoms with Gasteiger partial charge < -0.3 is 15.0 Å². The molecule has 1 saturated heterocycles. The first-order valence-corrected chi connectivity index (χ1v) is 9.03. The number of hydrogen-bond acceptors (Lipinski definition) is 6. The highest BCUT2D eigenvalue weighted by Crippen LogP contribution is 2.39. The second kappa shape index (κ2) is 6.37. The van der Waals surface area contributed by atoms with Crippen molar-refractivity contribution in [1.29, 1.82) is 0 Å². The van der Waals surface area contributed by atoms with Crippen LogP contribution < -0.4 is 5.32 Å². The van der Waals surface area contributed by atoms with E-state index >= 15 is 0 Å². The van der Waals surface area contributed by atoms with Crippen LogP contribution in [0.15, 0.2) is 35.3 Å². The van der Waals surface area contributed by atoms with E-state index in [-0.39, 0.29) is 0 Å². The fourth-order valence-electron chi connectivity index (χ4n) is 3.24. The van der Waals surface area contributed by atoms with Gasteiger partial charge in [0.2, 0.25) is 0 Å². The van der Waals surface area contributed by atoms with E-state index in [0.29, 0.717) is 6.54 Å². The van der Waals surface area contributed by atoms with Crippen LogP contribution >= 0.6 is 11.3 Å². The van der Waals surface area contributed by atoms with Crippen LogP contribution in [0.5, 0.6) is 0 Å². The summed E-state index contributed by atoms with van der Waals surface area (Å²) < 4.78 is 0. The summed E-state index contributed by atoms with van der Waals surface area (Å²) in [6.07, 6.45) is 0.985. The summed E-state index contributed by atoms with van der Waals surface area (Å²) in [5, 5.41) is 4.70. The largest absolute Gasteiger partial charge is 0.353 e. The number of amidine groups is 1. The number of para-hydroxylation sites is 2. The number of rotatable bonds is 2. The molecule has 4 rings (SSSR count). The number of benzene rings is 1.